The van der Waals surface area contributed by atoms with Gasteiger partial charge in [-0.15, -0.1) is 11.3 Å². The molecule has 3 rings (SSSR count). The van der Waals surface area contributed by atoms with E-state index in [-0.39, 0.29) is 5.54 Å². The van der Waals surface area contributed by atoms with E-state index in [2.05, 4.69) is 19.2 Å². The van der Waals surface area contributed by atoms with Crippen molar-refractivity contribution in [3.63, 3.8) is 0 Å². The van der Waals surface area contributed by atoms with Gasteiger partial charge in [0, 0.05) is 10.9 Å². The van der Waals surface area contributed by atoms with Crippen molar-refractivity contribution in [2.24, 2.45) is 0 Å². The highest BCUT2D eigenvalue weighted by atomic mass is 32.1. The third-order valence-corrected chi connectivity index (χ3v) is 5.99. The number of aromatic nitrogens is 1. The van der Waals surface area contributed by atoms with Gasteiger partial charge in [-0.3, -0.25) is 0 Å². The number of aryl methyl sites for hydroxylation is 2. The van der Waals surface area contributed by atoms with Crippen LogP contribution in [-0.4, -0.2) is 11.0 Å². The number of hydrogen-bond acceptors (Lipinski definition) is 3. The second-order valence-electron chi connectivity index (χ2n) is 6.20. The minimum atomic E-state index is 0.173. The SMILES string of the molecule is CCCCC(CC)(NC1CC1)c1nc2c(s1)CCC2. The number of thiazole rings is 1. The van der Waals surface area contributed by atoms with Crippen LogP contribution in [0.3, 0.4) is 0 Å². The van der Waals surface area contributed by atoms with Gasteiger partial charge < -0.3 is 5.32 Å². The van der Waals surface area contributed by atoms with Crippen LogP contribution in [0.25, 0.3) is 0 Å². The number of nitrogens with zero attached hydrogens (tertiary/aromatic N) is 1. The Balaban J connectivity index is 1.86. The minimum Gasteiger partial charge on any atom is -0.303 e. The fraction of sp³-hybridized carbons (Fsp3) is 0.812. The van der Waals surface area contributed by atoms with E-state index in [4.69, 9.17) is 4.98 Å². The van der Waals surface area contributed by atoms with Crippen LogP contribution in [0.4, 0.5) is 0 Å². The lowest BCUT2D eigenvalue weighted by molar-refractivity contribution is 0.283. The van der Waals surface area contributed by atoms with Crippen LogP contribution in [0.2, 0.25) is 0 Å². The maximum atomic E-state index is 5.02. The summed E-state index contributed by atoms with van der Waals surface area (Å²) < 4.78 is 0. The summed E-state index contributed by atoms with van der Waals surface area (Å²) in [5, 5.41) is 5.33. The number of rotatable bonds is 7. The first-order valence-corrected chi connectivity index (χ1v) is 8.86. The van der Waals surface area contributed by atoms with Crippen molar-refractivity contribution in [1.82, 2.24) is 10.3 Å². The quantitative estimate of drug-likeness (QED) is 0.809. The fourth-order valence-corrected chi connectivity index (χ4v) is 4.56. The Hall–Kier alpha value is -0.410. The Bertz CT molecular complexity index is 414. The Morgan fingerprint density at radius 1 is 1.32 bits per heavy atom. The summed E-state index contributed by atoms with van der Waals surface area (Å²) in [6.45, 7) is 4.62. The standard InChI is InChI=1S/C16H26N2S/c1-3-5-11-16(4-2,18-12-9-10-12)15-17-13-7-6-8-14(13)19-15/h12,18H,3-11H2,1-2H3. The van der Waals surface area contributed by atoms with Crippen LogP contribution in [-0.2, 0) is 18.4 Å². The normalized spacial score (nSPS) is 21.4. The van der Waals surface area contributed by atoms with Gasteiger partial charge >= 0.3 is 0 Å². The molecule has 0 bridgehead atoms. The molecule has 0 amide bonds. The molecule has 1 aromatic heterocycles. The van der Waals surface area contributed by atoms with Crippen LogP contribution in [0, 0.1) is 0 Å². The molecule has 1 aromatic rings. The monoisotopic (exact) mass is 278 g/mol. The molecule has 2 aliphatic carbocycles. The molecule has 2 nitrogen and oxygen atoms in total. The highest BCUT2D eigenvalue weighted by Crippen LogP contribution is 2.40. The zero-order valence-electron chi connectivity index (χ0n) is 12.3. The van der Waals surface area contributed by atoms with Crippen LogP contribution >= 0.6 is 11.3 Å². The topological polar surface area (TPSA) is 24.9 Å². The van der Waals surface area contributed by atoms with Crippen molar-refractivity contribution in [1.29, 1.82) is 0 Å². The van der Waals surface area contributed by atoms with E-state index >= 15 is 0 Å². The maximum absolute atomic E-state index is 5.02. The van der Waals surface area contributed by atoms with E-state index in [1.165, 1.54) is 68.5 Å². The maximum Gasteiger partial charge on any atom is 0.113 e. The molecule has 19 heavy (non-hydrogen) atoms. The third-order valence-electron chi connectivity index (χ3n) is 4.62. The average Bonchev–Trinajstić information content (AvgIpc) is 2.96. The van der Waals surface area contributed by atoms with Crippen LogP contribution in [0.15, 0.2) is 0 Å². The molecule has 1 saturated carbocycles. The van der Waals surface area contributed by atoms with Crippen molar-refractivity contribution in [3.8, 4) is 0 Å². The Morgan fingerprint density at radius 2 is 2.16 bits per heavy atom. The molecular weight excluding hydrogens is 252 g/mol. The highest BCUT2D eigenvalue weighted by molar-refractivity contribution is 7.12. The lowest BCUT2D eigenvalue weighted by atomic mass is 9.90. The average molecular weight is 278 g/mol. The molecule has 0 aromatic carbocycles. The third kappa shape index (κ3) is 2.73. The summed E-state index contributed by atoms with van der Waals surface area (Å²) in [5.74, 6) is 0. The summed E-state index contributed by atoms with van der Waals surface area (Å²) in [5.41, 5.74) is 1.58. The van der Waals surface area contributed by atoms with Crippen molar-refractivity contribution in [2.75, 3.05) is 0 Å². The summed E-state index contributed by atoms with van der Waals surface area (Å²) in [7, 11) is 0. The first-order valence-electron chi connectivity index (χ1n) is 8.04. The fourth-order valence-electron chi connectivity index (χ4n) is 3.16. The number of fused-ring (bicyclic) bond motifs is 1. The smallest absolute Gasteiger partial charge is 0.113 e. The van der Waals surface area contributed by atoms with Gasteiger partial charge in [0.05, 0.1) is 11.2 Å². The molecular formula is C16H26N2S. The van der Waals surface area contributed by atoms with Crippen molar-refractivity contribution in [3.05, 3.63) is 15.6 Å². The molecule has 1 heterocycles. The lowest BCUT2D eigenvalue weighted by Gasteiger charge is -2.32. The number of nitrogens with one attached hydrogen (secondary N) is 1. The van der Waals surface area contributed by atoms with E-state index in [1.54, 1.807) is 4.88 Å². The van der Waals surface area contributed by atoms with E-state index in [0.29, 0.717) is 0 Å². The van der Waals surface area contributed by atoms with Gasteiger partial charge in [0.2, 0.25) is 0 Å². The molecule has 0 saturated heterocycles. The van der Waals surface area contributed by atoms with Crippen molar-refractivity contribution in [2.45, 2.75) is 83.2 Å². The number of hydrogen-bond donors (Lipinski definition) is 1. The Labute approximate surface area is 121 Å². The van der Waals surface area contributed by atoms with Crippen LogP contribution < -0.4 is 5.32 Å². The summed E-state index contributed by atoms with van der Waals surface area (Å²) in [6, 6.07) is 0.760. The summed E-state index contributed by atoms with van der Waals surface area (Å²) in [6.07, 6.45) is 11.5. The van der Waals surface area contributed by atoms with Crippen LogP contribution in [0.1, 0.15) is 74.4 Å². The van der Waals surface area contributed by atoms with Crippen molar-refractivity contribution < 1.29 is 0 Å². The van der Waals surface area contributed by atoms with Gasteiger partial charge in [-0.05, 0) is 44.9 Å². The molecule has 0 spiro atoms. The molecule has 106 valence electrons. The van der Waals surface area contributed by atoms with Gasteiger partial charge in [0.25, 0.3) is 0 Å². The van der Waals surface area contributed by atoms with Crippen molar-refractivity contribution >= 4 is 11.3 Å². The van der Waals surface area contributed by atoms with E-state index in [1.807, 2.05) is 11.3 Å². The molecule has 1 atom stereocenters. The lowest BCUT2D eigenvalue weighted by Crippen LogP contribution is -2.43. The second kappa shape index (κ2) is 5.53. The molecule has 0 aliphatic heterocycles. The Morgan fingerprint density at radius 3 is 2.79 bits per heavy atom. The number of unbranched alkanes of at least 4 members (excludes halogenated alkanes) is 1. The minimum absolute atomic E-state index is 0.173. The van der Waals surface area contributed by atoms with E-state index in [0.717, 1.165) is 6.04 Å². The van der Waals surface area contributed by atoms with E-state index < -0.39 is 0 Å². The first-order chi connectivity index (χ1) is 9.27. The molecule has 1 N–H and O–H groups in total. The zero-order valence-corrected chi connectivity index (χ0v) is 13.1. The molecule has 1 fully saturated rings. The molecule has 0 radical (unpaired) electrons. The predicted molar refractivity (Wildman–Crippen MR) is 81.8 cm³/mol. The van der Waals surface area contributed by atoms with Crippen LogP contribution in [0.5, 0.6) is 0 Å². The Kier molecular flexibility index (Phi) is 3.95. The summed E-state index contributed by atoms with van der Waals surface area (Å²) >= 11 is 2.00. The van der Waals surface area contributed by atoms with E-state index in [9.17, 15) is 0 Å². The zero-order chi connectivity index (χ0) is 13.3. The summed E-state index contributed by atoms with van der Waals surface area (Å²) in [4.78, 5) is 6.60. The molecule has 1 unspecified atom stereocenters. The second-order valence-corrected chi connectivity index (χ2v) is 7.28. The molecule has 2 aliphatic rings. The van der Waals surface area contributed by atoms with Gasteiger partial charge in [-0.2, -0.15) is 0 Å². The predicted octanol–water partition coefficient (Wildman–Crippen LogP) is 4.18. The van der Waals surface area contributed by atoms with Gasteiger partial charge in [0.1, 0.15) is 5.01 Å². The largest absolute Gasteiger partial charge is 0.303 e. The van der Waals surface area contributed by atoms with Gasteiger partial charge in [0.15, 0.2) is 0 Å². The first kappa shape index (κ1) is 13.6. The highest BCUT2D eigenvalue weighted by Gasteiger charge is 2.39. The van der Waals surface area contributed by atoms with Gasteiger partial charge in [-0.25, -0.2) is 4.98 Å². The van der Waals surface area contributed by atoms with Gasteiger partial charge in [-0.1, -0.05) is 26.7 Å². The molecule has 3 heteroatoms.